The predicted molar refractivity (Wildman–Crippen MR) is 96.8 cm³/mol. The van der Waals surface area contributed by atoms with Crippen LogP contribution in [0.2, 0.25) is 5.02 Å². The van der Waals surface area contributed by atoms with Crippen molar-refractivity contribution in [2.75, 3.05) is 13.2 Å². The van der Waals surface area contributed by atoms with E-state index in [1.54, 1.807) is 18.2 Å². The molecular weight excluding hydrogens is 342 g/mol. The second-order valence-electron chi connectivity index (χ2n) is 6.80. The Morgan fingerprint density at radius 1 is 1.24 bits per heavy atom. The zero-order valence-electron chi connectivity index (χ0n) is 15.0. The molecule has 138 valence electrons. The molecule has 1 N–H and O–H groups in total. The van der Waals surface area contributed by atoms with Gasteiger partial charge >= 0.3 is 5.97 Å². The molecule has 0 heterocycles. The maximum atomic E-state index is 12.0. The summed E-state index contributed by atoms with van der Waals surface area (Å²) in [5, 5.41) is 3.58. The Morgan fingerprint density at radius 2 is 2.00 bits per heavy atom. The summed E-state index contributed by atoms with van der Waals surface area (Å²) in [5.41, 5.74) is 0.832. The Balaban J connectivity index is 1.71. The summed E-state index contributed by atoms with van der Waals surface area (Å²) < 4.78 is 10.4. The minimum Gasteiger partial charge on any atom is -0.482 e. The quantitative estimate of drug-likeness (QED) is 0.781. The number of halogens is 1. The minimum atomic E-state index is -0.574. The number of hydrogen-bond acceptors (Lipinski definition) is 4. The van der Waals surface area contributed by atoms with Crippen molar-refractivity contribution in [2.45, 2.75) is 46.1 Å². The third kappa shape index (κ3) is 5.92. The monoisotopic (exact) mass is 367 g/mol. The van der Waals surface area contributed by atoms with Crippen molar-refractivity contribution in [3.05, 3.63) is 28.8 Å². The molecule has 2 rings (SSSR count). The molecule has 0 unspecified atom stereocenters. The number of esters is 1. The van der Waals surface area contributed by atoms with E-state index < -0.39 is 5.97 Å². The first-order valence-corrected chi connectivity index (χ1v) is 9.08. The van der Waals surface area contributed by atoms with Crippen molar-refractivity contribution in [1.82, 2.24) is 5.32 Å². The maximum absolute atomic E-state index is 12.0. The van der Waals surface area contributed by atoms with Crippen molar-refractivity contribution in [1.29, 1.82) is 0 Å². The first-order valence-electron chi connectivity index (χ1n) is 8.70. The lowest BCUT2D eigenvalue weighted by molar-refractivity contribution is -0.150. The van der Waals surface area contributed by atoms with Crippen LogP contribution in [0.25, 0.3) is 0 Å². The molecule has 0 aromatic heterocycles. The van der Waals surface area contributed by atoms with E-state index in [-0.39, 0.29) is 25.2 Å². The molecule has 1 saturated carbocycles. The van der Waals surface area contributed by atoms with Crippen LogP contribution in [0.15, 0.2) is 18.2 Å². The molecule has 0 spiro atoms. The normalized spacial score (nSPS) is 23.0. The number of benzene rings is 1. The number of aryl methyl sites for hydroxylation is 1. The third-order valence-corrected chi connectivity index (χ3v) is 5.14. The van der Waals surface area contributed by atoms with Crippen LogP contribution in [0.3, 0.4) is 0 Å². The molecule has 1 aliphatic rings. The molecule has 0 radical (unpaired) electrons. The summed E-state index contributed by atoms with van der Waals surface area (Å²) >= 11 is 5.87. The summed E-state index contributed by atoms with van der Waals surface area (Å²) in [6.45, 7) is 5.68. The third-order valence-electron chi connectivity index (χ3n) is 4.90. The Kier molecular flexibility index (Phi) is 7.12. The van der Waals surface area contributed by atoms with Crippen molar-refractivity contribution >= 4 is 23.5 Å². The fourth-order valence-electron chi connectivity index (χ4n) is 3.13. The fraction of sp³-hybridized carbons (Fsp3) is 0.579. The highest BCUT2D eigenvalue weighted by Crippen LogP contribution is 2.29. The van der Waals surface area contributed by atoms with Crippen LogP contribution in [0.5, 0.6) is 5.75 Å². The van der Waals surface area contributed by atoms with Crippen LogP contribution >= 0.6 is 11.6 Å². The molecule has 6 heteroatoms. The second-order valence-corrected chi connectivity index (χ2v) is 7.24. The van der Waals surface area contributed by atoms with Gasteiger partial charge in [-0.2, -0.15) is 0 Å². The van der Waals surface area contributed by atoms with Gasteiger partial charge in [-0.15, -0.1) is 0 Å². The Bertz CT molecular complexity index is 619. The van der Waals surface area contributed by atoms with Gasteiger partial charge in [-0.1, -0.05) is 38.3 Å². The molecule has 0 saturated heterocycles. The van der Waals surface area contributed by atoms with Gasteiger partial charge in [0.1, 0.15) is 5.75 Å². The van der Waals surface area contributed by atoms with E-state index >= 15 is 0 Å². The number of carbonyl (C=O) groups excluding carboxylic acids is 2. The van der Waals surface area contributed by atoms with Gasteiger partial charge in [0.05, 0.1) is 0 Å². The molecule has 1 aliphatic carbocycles. The van der Waals surface area contributed by atoms with E-state index in [1.165, 1.54) is 6.42 Å². The number of amides is 1. The average Bonchev–Trinajstić information content (AvgIpc) is 2.56. The zero-order valence-corrected chi connectivity index (χ0v) is 15.8. The number of rotatable bonds is 6. The van der Waals surface area contributed by atoms with Crippen molar-refractivity contribution < 1.29 is 19.1 Å². The second kappa shape index (κ2) is 9.09. The maximum Gasteiger partial charge on any atom is 0.344 e. The van der Waals surface area contributed by atoms with Crippen molar-refractivity contribution in [3.63, 3.8) is 0 Å². The number of carbonyl (C=O) groups is 2. The van der Waals surface area contributed by atoms with E-state index in [9.17, 15) is 9.59 Å². The summed E-state index contributed by atoms with van der Waals surface area (Å²) in [5.74, 6) is 0.759. The van der Waals surface area contributed by atoms with Gasteiger partial charge in [0.25, 0.3) is 5.91 Å². The largest absolute Gasteiger partial charge is 0.482 e. The molecular formula is C19H26ClNO4. The molecule has 0 aliphatic heterocycles. The highest BCUT2D eigenvalue weighted by atomic mass is 35.5. The average molecular weight is 368 g/mol. The van der Waals surface area contributed by atoms with Gasteiger partial charge < -0.3 is 14.8 Å². The fourth-order valence-corrected chi connectivity index (χ4v) is 3.36. The molecule has 5 nitrogen and oxygen atoms in total. The number of ether oxygens (including phenoxy) is 2. The van der Waals surface area contributed by atoms with E-state index in [0.717, 1.165) is 18.4 Å². The first-order chi connectivity index (χ1) is 11.9. The molecule has 0 bridgehead atoms. The molecule has 1 amide bonds. The van der Waals surface area contributed by atoms with Crippen LogP contribution in [0, 0.1) is 18.8 Å². The molecule has 1 fully saturated rings. The van der Waals surface area contributed by atoms with Crippen LogP contribution in [-0.2, 0) is 14.3 Å². The highest BCUT2D eigenvalue weighted by Gasteiger charge is 2.28. The Hall–Kier alpha value is -1.75. The summed E-state index contributed by atoms with van der Waals surface area (Å²) in [6, 6.07) is 5.29. The van der Waals surface area contributed by atoms with Crippen molar-refractivity contribution in [3.8, 4) is 5.75 Å². The van der Waals surface area contributed by atoms with Crippen molar-refractivity contribution in [2.24, 2.45) is 11.8 Å². The Morgan fingerprint density at radius 3 is 2.72 bits per heavy atom. The summed E-state index contributed by atoms with van der Waals surface area (Å²) in [4.78, 5) is 23.7. The Labute approximate surface area is 154 Å². The summed E-state index contributed by atoms with van der Waals surface area (Å²) in [6.07, 6.45) is 3.29. The highest BCUT2D eigenvalue weighted by molar-refractivity contribution is 6.30. The zero-order chi connectivity index (χ0) is 18.4. The topological polar surface area (TPSA) is 64.6 Å². The minimum absolute atomic E-state index is 0.155. The van der Waals surface area contributed by atoms with Crippen LogP contribution < -0.4 is 10.1 Å². The lowest BCUT2D eigenvalue weighted by atomic mass is 9.78. The van der Waals surface area contributed by atoms with Gasteiger partial charge in [-0.05, 0) is 48.9 Å². The molecule has 25 heavy (non-hydrogen) atoms. The lowest BCUT2D eigenvalue weighted by Gasteiger charge is -2.34. The molecule has 3 atom stereocenters. The first kappa shape index (κ1) is 19.6. The van der Waals surface area contributed by atoms with Crippen LogP contribution in [-0.4, -0.2) is 31.1 Å². The molecule has 1 aromatic rings. The SMILES string of the molecule is Cc1cc(Cl)ccc1OCC(=O)OCC(=O)N[C@H]1CCC[C@H](C)[C@@H]1C. The predicted octanol–water partition coefficient (Wildman–Crippen LogP) is 3.51. The lowest BCUT2D eigenvalue weighted by Crippen LogP contribution is -2.45. The van der Waals surface area contributed by atoms with Crippen LogP contribution in [0.4, 0.5) is 0 Å². The van der Waals surface area contributed by atoms with Gasteiger partial charge in [-0.3, -0.25) is 4.79 Å². The van der Waals surface area contributed by atoms with Gasteiger partial charge in [0.2, 0.25) is 0 Å². The smallest absolute Gasteiger partial charge is 0.344 e. The molecule has 1 aromatic carbocycles. The van der Waals surface area contributed by atoms with Gasteiger partial charge in [0.15, 0.2) is 13.2 Å². The van der Waals surface area contributed by atoms with E-state index in [4.69, 9.17) is 21.1 Å². The number of hydrogen-bond donors (Lipinski definition) is 1. The summed E-state index contributed by atoms with van der Waals surface area (Å²) in [7, 11) is 0. The standard InChI is InChI=1S/C19H26ClNO4/c1-12-5-4-6-16(14(12)3)21-18(22)10-25-19(23)11-24-17-8-7-15(20)9-13(17)2/h7-9,12,14,16H,4-6,10-11H2,1-3H3,(H,21,22)/t12-,14-,16-/m0/s1. The van der Waals surface area contributed by atoms with Gasteiger partial charge in [-0.25, -0.2) is 4.79 Å². The number of nitrogens with one attached hydrogen (secondary N) is 1. The van der Waals surface area contributed by atoms with Crippen LogP contribution in [0.1, 0.15) is 38.7 Å². The van der Waals surface area contributed by atoms with E-state index in [0.29, 0.717) is 22.6 Å². The van der Waals surface area contributed by atoms with E-state index in [1.807, 2.05) is 6.92 Å². The van der Waals surface area contributed by atoms with E-state index in [2.05, 4.69) is 19.2 Å². The van der Waals surface area contributed by atoms with Gasteiger partial charge in [0, 0.05) is 11.1 Å².